The van der Waals surface area contributed by atoms with E-state index < -0.39 is 0 Å². The quantitative estimate of drug-likeness (QED) is 0.593. The van der Waals surface area contributed by atoms with Crippen molar-refractivity contribution >= 4 is 23.1 Å². The number of rotatable bonds is 2. The van der Waals surface area contributed by atoms with E-state index in [2.05, 4.69) is 51.7 Å². The molecule has 0 radical (unpaired) electrons. The van der Waals surface area contributed by atoms with E-state index in [1.807, 2.05) is 6.07 Å². The van der Waals surface area contributed by atoms with E-state index in [4.69, 9.17) is 11.6 Å². The van der Waals surface area contributed by atoms with E-state index in [9.17, 15) is 0 Å². The number of nitrogens with one attached hydrogen (secondary N) is 1. The average molecular weight is 294 g/mol. The molecule has 4 heteroatoms. The summed E-state index contributed by atoms with van der Waals surface area (Å²) >= 11 is 6.03. The Bertz CT molecular complexity index is 830. The molecule has 0 spiro atoms. The molecular weight excluding hydrogens is 282 g/mol. The van der Waals surface area contributed by atoms with Crippen molar-refractivity contribution in [2.75, 3.05) is 5.32 Å². The number of benzene rings is 2. The van der Waals surface area contributed by atoms with Gasteiger partial charge in [0.1, 0.15) is 0 Å². The summed E-state index contributed by atoms with van der Waals surface area (Å²) in [5.74, 6) is 0.578. The van der Waals surface area contributed by atoms with Crippen molar-refractivity contribution in [1.29, 1.82) is 0 Å². The van der Waals surface area contributed by atoms with Gasteiger partial charge in [-0.1, -0.05) is 41.9 Å². The molecule has 1 N–H and O–H groups in total. The Morgan fingerprint density at radius 3 is 2.62 bits per heavy atom. The molecule has 0 fully saturated rings. The minimum Gasteiger partial charge on any atom is -0.338 e. The summed E-state index contributed by atoms with van der Waals surface area (Å²) in [5, 5.41) is 3.60. The molecule has 0 saturated carbocycles. The Morgan fingerprint density at radius 2 is 1.71 bits per heavy atom. The molecule has 4 rings (SSSR count). The fraction of sp³-hybridized carbons (Fsp3) is 0.0588. The summed E-state index contributed by atoms with van der Waals surface area (Å²) in [5.41, 5.74) is 6.31. The second kappa shape index (κ2) is 4.86. The fourth-order valence-corrected chi connectivity index (χ4v) is 2.92. The van der Waals surface area contributed by atoms with E-state index in [1.165, 1.54) is 22.3 Å². The van der Waals surface area contributed by atoms with Crippen molar-refractivity contribution in [3.05, 3.63) is 71.1 Å². The lowest BCUT2D eigenvalue weighted by molar-refractivity contribution is 1.19. The van der Waals surface area contributed by atoms with Crippen LogP contribution in [0.15, 0.2) is 54.9 Å². The summed E-state index contributed by atoms with van der Waals surface area (Å²) in [7, 11) is 0. The molecule has 0 bridgehead atoms. The maximum atomic E-state index is 6.03. The minimum atomic E-state index is 0.376. The van der Waals surface area contributed by atoms with Gasteiger partial charge in [0.15, 0.2) is 11.0 Å². The van der Waals surface area contributed by atoms with E-state index in [1.54, 1.807) is 12.4 Å². The van der Waals surface area contributed by atoms with Crippen LogP contribution in [-0.2, 0) is 6.42 Å². The smallest absolute Gasteiger partial charge is 0.171 e. The number of anilines is 2. The highest BCUT2D eigenvalue weighted by molar-refractivity contribution is 6.31. The van der Waals surface area contributed by atoms with Crippen molar-refractivity contribution in [2.24, 2.45) is 0 Å². The van der Waals surface area contributed by atoms with Gasteiger partial charge in [0.25, 0.3) is 0 Å². The molecule has 0 atom stereocenters. The molecule has 0 saturated heterocycles. The van der Waals surface area contributed by atoms with Crippen molar-refractivity contribution in [3.63, 3.8) is 0 Å². The summed E-state index contributed by atoms with van der Waals surface area (Å²) in [6.07, 6.45) is 4.17. The highest BCUT2D eigenvalue weighted by atomic mass is 35.5. The van der Waals surface area contributed by atoms with Crippen LogP contribution in [0.1, 0.15) is 11.1 Å². The molecule has 102 valence electrons. The van der Waals surface area contributed by atoms with Gasteiger partial charge in [0.2, 0.25) is 0 Å². The van der Waals surface area contributed by atoms with Crippen LogP contribution >= 0.6 is 11.6 Å². The molecule has 0 amide bonds. The first-order valence-corrected chi connectivity index (χ1v) is 7.14. The Hall–Kier alpha value is -2.39. The van der Waals surface area contributed by atoms with Crippen molar-refractivity contribution in [2.45, 2.75) is 6.42 Å². The summed E-state index contributed by atoms with van der Waals surface area (Å²) in [6, 6.07) is 14.9. The van der Waals surface area contributed by atoms with Gasteiger partial charge in [-0.05, 0) is 40.8 Å². The predicted molar refractivity (Wildman–Crippen MR) is 85.0 cm³/mol. The lowest BCUT2D eigenvalue weighted by Crippen LogP contribution is -1.96. The van der Waals surface area contributed by atoms with Gasteiger partial charge in [-0.2, -0.15) is 0 Å². The van der Waals surface area contributed by atoms with E-state index in [-0.39, 0.29) is 0 Å². The van der Waals surface area contributed by atoms with Crippen LogP contribution in [0.5, 0.6) is 0 Å². The van der Waals surface area contributed by atoms with Crippen LogP contribution in [-0.4, -0.2) is 9.97 Å². The van der Waals surface area contributed by atoms with Crippen LogP contribution in [0.25, 0.3) is 11.1 Å². The molecule has 1 aliphatic carbocycles. The van der Waals surface area contributed by atoms with Gasteiger partial charge < -0.3 is 5.32 Å². The van der Waals surface area contributed by atoms with E-state index >= 15 is 0 Å². The first-order chi connectivity index (χ1) is 10.3. The Balaban J connectivity index is 1.69. The van der Waals surface area contributed by atoms with Gasteiger partial charge in [-0.25, -0.2) is 9.97 Å². The number of fused-ring (bicyclic) bond motifs is 3. The van der Waals surface area contributed by atoms with Crippen LogP contribution in [0, 0.1) is 0 Å². The third-order valence-electron chi connectivity index (χ3n) is 3.71. The Morgan fingerprint density at radius 1 is 0.905 bits per heavy atom. The van der Waals surface area contributed by atoms with E-state index in [0.29, 0.717) is 11.0 Å². The van der Waals surface area contributed by atoms with Crippen LogP contribution in [0.4, 0.5) is 11.5 Å². The van der Waals surface area contributed by atoms with Crippen molar-refractivity contribution in [3.8, 4) is 11.1 Å². The number of aromatic nitrogens is 2. The average Bonchev–Trinajstić information content (AvgIpc) is 2.87. The molecule has 1 aliphatic rings. The SMILES string of the molecule is Clc1nccnc1Nc1ccc2c(c1)Cc1ccccc1-2. The Kier molecular flexibility index (Phi) is 2.86. The summed E-state index contributed by atoms with van der Waals surface area (Å²) in [6.45, 7) is 0. The highest BCUT2D eigenvalue weighted by Gasteiger charge is 2.18. The standard InChI is InChI=1S/C17H12ClN3/c18-16-17(20-8-7-19-16)21-13-5-6-15-12(10-13)9-11-3-1-2-4-14(11)15/h1-8,10H,9H2,(H,20,21). The lowest BCUT2D eigenvalue weighted by Gasteiger charge is -2.08. The molecule has 0 aliphatic heterocycles. The predicted octanol–water partition coefficient (Wildman–Crippen LogP) is 4.44. The third kappa shape index (κ3) is 2.16. The number of hydrogen-bond acceptors (Lipinski definition) is 3. The van der Waals surface area contributed by atoms with E-state index in [0.717, 1.165) is 12.1 Å². The second-order valence-electron chi connectivity index (χ2n) is 5.03. The first-order valence-electron chi connectivity index (χ1n) is 6.76. The molecule has 0 unspecified atom stereocenters. The van der Waals surface area contributed by atoms with Crippen LogP contribution < -0.4 is 5.32 Å². The van der Waals surface area contributed by atoms with Crippen molar-refractivity contribution < 1.29 is 0 Å². The monoisotopic (exact) mass is 293 g/mol. The second-order valence-corrected chi connectivity index (χ2v) is 5.38. The largest absolute Gasteiger partial charge is 0.338 e. The van der Waals surface area contributed by atoms with Gasteiger partial charge in [-0.3, -0.25) is 0 Å². The maximum Gasteiger partial charge on any atom is 0.171 e. The van der Waals surface area contributed by atoms with Crippen LogP contribution in [0.2, 0.25) is 5.15 Å². The molecule has 21 heavy (non-hydrogen) atoms. The molecular formula is C17H12ClN3. The maximum absolute atomic E-state index is 6.03. The molecule has 1 aromatic heterocycles. The molecule has 3 nitrogen and oxygen atoms in total. The van der Waals surface area contributed by atoms with Crippen LogP contribution in [0.3, 0.4) is 0 Å². The van der Waals surface area contributed by atoms with Gasteiger partial charge >= 0.3 is 0 Å². The molecule has 3 aromatic rings. The normalized spacial score (nSPS) is 11.9. The topological polar surface area (TPSA) is 37.8 Å². The van der Waals surface area contributed by atoms with Gasteiger partial charge in [-0.15, -0.1) is 0 Å². The minimum absolute atomic E-state index is 0.376. The number of nitrogens with zero attached hydrogens (tertiary/aromatic N) is 2. The summed E-state index contributed by atoms with van der Waals surface area (Å²) < 4.78 is 0. The first kappa shape index (κ1) is 12.4. The third-order valence-corrected chi connectivity index (χ3v) is 3.99. The highest BCUT2D eigenvalue weighted by Crippen LogP contribution is 2.38. The number of hydrogen-bond donors (Lipinski definition) is 1. The van der Waals surface area contributed by atoms with Gasteiger partial charge in [0.05, 0.1) is 0 Å². The fourth-order valence-electron chi connectivity index (χ4n) is 2.76. The zero-order chi connectivity index (χ0) is 14.2. The lowest BCUT2D eigenvalue weighted by atomic mass is 10.1. The van der Waals surface area contributed by atoms with Gasteiger partial charge in [0, 0.05) is 18.1 Å². The zero-order valence-electron chi connectivity index (χ0n) is 11.2. The summed E-state index contributed by atoms with van der Waals surface area (Å²) in [4.78, 5) is 8.22. The zero-order valence-corrected chi connectivity index (χ0v) is 11.9. The molecule has 1 heterocycles. The van der Waals surface area contributed by atoms with Crippen molar-refractivity contribution in [1.82, 2.24) is 9.97 Å². The Labute approximate surface area is 127 Å². The number of halogens is 1. The molecule has 2 aromatic carbocycles.